The summed E-state index contributed by atoms with van der Waals surface area (Å²) in [5, 5.41) is 2.92. The van der Waals surface area contributed by atoms with Gasteiger partial charge in [-0.25, -0.2) is 0 Å². The molecule has 0 aromatic carbocycles. The quantitative estimate of drug-likeness (QED) is 0.498. The van der Waals surface area contributed by atoms with E-state index in [1.165, 1.54) is 7.11 Å². The van der Waals surface area contributed by atoms with E-state index in [2.05, 4.69) is 5.32 Å². The molecule has 0 saturated carbocycles. The number of methoxy groups -OCH3 is 1. The molecule has 7 heteroatoms. The molecule has 0 aromatic heterocycles. The van der Waals surface area contributed by atoms with Crippen LogP contribution in [0, 0.1) is 0 Å². The first-order valence-electron chi connectivity index (χ1n) is 6.67. The molecule has 1 atom stereocenters. The van der Waals surface area contributed by atoms with Crippen molar-refractivity contribution in [1.29, 1.82) is 0 Å². The lowest BCUT2D eigenvalue weighted by molar-refractivity contribution is -0.148. The van der Waals surface area contributed by atoms with E-state index in [1.54, 1.807) is 14.0 Å². The number of rotatable bonds is 10. The zero-order valence-corrected chi connectivity index (χ0v) is 12.3. The van der Waals surface area contributed by atoms with Gasteiger partial charge in [0.25, 0.3) is 0 Å². The van der Waals surface area contributed by atoms with Crippen LogP contribution in [0.5, 0.6) is 0 Å². The van der Waals surface area contributed by atoms with Crippen LogP contribution < -0.4 is 5.32 Å². The summed E-state index contributed by atoms with van der Waals surface area (Å²) in [6, 6.07) is 0. The van der Waals surface area contributed by atoms with Crippen LogP contribution in [0.4, 0.5) is 13.2 Å². The molecular weight excluding hydrogens is 275 g/mol. The third-order valence-corrected chi connectivity index (χ3v) is 3.15. The smallest absolute Gasteiger partial charge is 0.389 e. The minimum Gasteiger partial charge on any atom is -0.468 e. The first-order valence-corrected chi connectivity index (χ1v) is 6.67. The summed E-state index contributed by atoms with van der Waals surface area (Å²) in [6.45, 7) is 2.27. The van der Waals surface area contributed by atoms with Crippen LogP contribution in [0.3, 0.4) is 0 Å². The Balaban J connectivity index is 3.64. The lowest BCUT2D eigenvalue weighted by Gasteiger charge is -2.25. The summed E-state index contributed by atoms with van der Waals surface area (Å²) >= 11 is 0. The number of hydrogen-bond acceptors (Lipinski definition) is 4. The Morgan fingerprint density at radius 2 is 1.70 bits per heavy atom. The number of ether oxygens (including phenoxy) is 2. The molecule has 0 bridgehead atoms. The molecule has 20 heavy (non-hydrogen) atoms. The number of carbonyl (C=O) groups is 1. The van der Waals surface area contributed by atoms with E-state index in [-0.39, 0.29) is 19.0 Å². The van der Waals surface area contributed by atoms with E-state index in [9.17, 15) is 18.0 Å². The van der Waals surface area contributed by atoms with Gasteiger partial charge in [0.15, 0.2) is 0 Å². The van der Waals surface area contributed by atoms with Crippen molar-refractivity contribution in [3.63, 3.8) is 0 Å². The van der Waals surface area contributed by atoms with Crippen molar-refractivity contribution in [2.45, 2.75) is 50.7 Å². The molecule has 1 N–H and O–H groups in total. The predicted octanol–water partition coefficient (Wildman–Crippen LogP) is 2.67. The number of unbranched alkanes of at least 4 members (excludes halogenated alkanes) is 1. The van der Waals surface area contributed by atoms with Crippen molar-refractivity contribution < 1.29 is 27.4 Å². The summed E-state index contributed by atoms with van der Waals surface area (Å²) in [4.78, 5) is 11.5. The van der Waals surface area contributed by atoms with Gasteiger partial charge < -0.3 is 14.8 Å². The summed E-state index contributed by atoms with van der Waals surface area (Å²) in [5.74, 6) is -0.328. The molecule has 0 aliphatic heterocycles. The van der Waals surface area contributed by atoms with Gasteiger partial charge in [0.05, 0.1) is 7.11 Å². The Kier molecular flexibility index (Phi) is 8.80. The molecule has 0 heterocycles. The number of nitrogens with one attached hydrogen (secondary N) is 1. The van der Waals surface area contributed by atoms with E-state index in [4.69, 9.17) is 9.47 Å². The molecule has 0 aliphatic carbocycles. The molecule has 0 rings (SSSR count). The van der Waals surface area contributed by atoms with E-state index in [0.29, 0.717) is 19.4 Å². The van der Waals surface area contributed by atoms with Gasteiger partial charge in [-0.3, -0.25) is 4.79 Å². The molecule has 0 fully saturated rings. The van der Waals surface area contributed by atoms with Crippen LogP contribution in [0.25, 0.3) is 0 Å². The normalized spacial score (nSPS) is 14.9. The maximum Gasteiger partial charge on any atom is 0.389 e. The fourth-order valence-electron chi connectivity index (χ4n) is 1.71. The molecule has 0 amide bonds. The maximum absolute atomic E-state index is 11.9. The highest BCUT2D eigenvalue weighted by atomic mass is 19.4. The van der Waals surface area contributed by atoms with Crippen molar-refractivity contribution >= 4 is 5.97 Å². The second-order valence-electron chi connectivity index (χ2n) is 4.86. The molecule has 0 aliphatic rings. The number of hydrogen-bond donors (Lipinski definition) is 1. The third kappa shape index (κ3) is 8.37. The minimum atomic E-state index is -4.11. The standard InChI is InChI=1S/C13H24F3NO3/c1-12(17-2,11(18)19-3)7-4-5-9-20-10-6-8-13(14,15)16/h17H,4-10H2,1-3H3. The highest BCUT2D eigenvalue weighted by molar-refractivity contribution is 5.80. The molecule has 4 nitrogen and oxygen atoms in total. The average molecular weight is 299 g/mol. The van der Waals surface area contributed by atoms with Gasteiger partial charge in [-0.2, -0.15) is 13.2 Å². The molecule has 1 unspecified atom stereocenters. The van der Waals surface area contributed by atoms with Gasteiger partial charge in [0, 0.05) is 19.6 Å². The lowest BCUT2D eigenvalue weighted by Crippen LogP contribution is -2.48. The van der Waals surface area contributed by atoms with Crippen LogP contribution >= 0.6 is 0 Å². The fraction of sp³-hybridized carbons (Fsp3) is 0.923. The molecule has 0 spiro atoms. The summed E-state index contributed by atoms with van der Waals surface area (Å²) < 4.78 is 45.4. The lowest BCUT2D eigenvalue weighted by atomic mass is 9.95. The maximum atomic E-state index is 11.9. The van der Waals surface area contributed by atoms with Gasteiger partial charge >= 0.3 is 12.1 Å². The van der Waals surface area contributed by atoms with Crippen LogP contribution in [-0.2, 0) is 14.3 Å². The molecule has 0 radical (unpaired) electrons. The van der Waals surface area contributed by atoms with Crippen LogP contribution in [0.1, 0.15) is 39.0 Å². The van der Waals surface area contributed by atoms with E-state index in [1.807, 2.05) is 0 Å². The van der Waals surface area contributed by atoms with Gasteiger partial charge in [0.2, 0.25) is 0 Å². The van der Waals surface area contributed by atoms with Crippen LogP contribution in [-0.4, -0.2) is 45.1 Å². The second kappa shape index (κ2) is 9.18. The zero-order valence-electron chi connectivity index (χ0n) is 12.3. The van der Waals surface area contributed by atoms with Crippen LogP contribution in [0.15, 0.2) is 0 Å². The summed E-state index contributed by atoms with van der Waals surface area (Å²) in [6.07, 6.45) is -2.93. The Morgan fingerprint density at radius 1 is 1.10 bits per heavy atom. The van der Waals surface area contributed by atoms with Crippen molar-refractivity contribution in [3.8, 4) is 0 Å². The van der Waals surface area contributed by atoms with E-state index >= 15 is 0 Å². The Bertz CT molecular complexity index is 285. The first-order chi connectivity index (χ1) is 9.25. The first kappa shape index (κ1) is 19.2. The number of esters is 1. The van der Waals surface area contributed by atoms with Crippen LogP contribution in [0.2, 0.25) is 0 Å². The van der Waals surface area contributed by atoms with E-state index < -0.39 is 18.1 Å². The fourth-order valence-corrected chi connectivity index (χ4v) is 1.71. The minimum absolute atomic E-state index is 0.0140. The average Bonchev–Trinajstić information content (AvgIpc) is 2.39. The second-order valence-corrected chi connectivity index (χ2v) is 4.86. The van der Waals surface area contributed by atoms with Crippen molar-refractivity contribution in [1.82, 2.24) is 5.32 Å². The highest BCUT2D eigenvalue weighted by Crippen LogP contribution is 2.21. The summed E-state index contributed by atoms with van der Waals surface area (Å²) in [5.41, 5.74) is -0.731. The monoisotopic (exact) mass is 299 g/mol. The topological polar surface area (TPSA) is 47.6 Å². The number of halogens is 3. The SMILES string of the molecule is CNC(C)(CCCCOCCCC(F)(F)F)C(=O)OC. The predicted molar refractivity (Wildman–Crippen MR) is 69.4 cm³/mol. The van der Waals surface area contributed by atoms with Crippen molar-refractivity contribution in [2.75, 3.05) is 27.4 Å². The molecule has 0 saturated heterocycles. The zero-order chi connectivity index (χ0) is 15.6. The van der Waals surface area contributed by atoms with Crippen molar-refractivity contribution in [3.05, 3.63) is 0 Å². The van der Waals surface area contributed by atoms with Gasteiger partial charge in [-0.05, 0) is 39.7 Å². The molecule has 0 aromatic rings. The number of alkyl halides is 3. The van der Waals surface area contributed by atoms with Crippen molar-refractivity contribution in [2.24, 2.45) is 0 Å². The van der Waals surface area contributed by atoms with E-state index in [0.717, 1.165) is 6.42 Å². The van der Waals surface area contributed by atoms with Gasteiger partial charge in [0.1, 0.15) is 5.54 Å². The molecular formula is C13H24F3NO3. The van der Waals surface area contributed by atoms with Gasteiger partial charge in [-0.1, -0.05) is 0 Å². The number of carbonyl (C=O) groups excluding carboxylic acids is 1. The molecule has 120 valence electrons. The van der Waals surface area contributed by atoms with Gasteiger partial charge in [-0.15, -0.1) is 0 Å². The Hall–Kier alpha value is -0.820. The number of likely N-dealkylation sites (N-methyl/N-ethyl adjacent to an activating group) is 1. The third-order valence-electron chi connectivity index (χ3n) is 3.15. The Labute approximate surface area is 118 Å². The highest BCUT2D eigenvalue weighted by Gasteiger charge is 2.31. The summed E-state index contributed by atoms with van der Waals surface area (Å²) in [7, 11) is 3.02. The Morgan fingerprint density at radius 3 is 2.20 bits per heavy atom. The largest absolute Gasteiger partial charge is 0.468 e.